The van der Waals surface area contributed by atoms with Crippen LogP contribution in [0.4, 0.5) is 0 Å². The van der Waals surface area contributed by atoms with Gasteiger partial charge < -0.3 is 10.8 Å². The highest BCUT2D eigenvalue weighted by molar-refractivity contribution is 5.72. The number of nitrogens with zero attached hydrogens (tertiary/aromatic N) is 3. The summed E-state index contributed by atoms with van der Waals surface area (Å²) in [5, 5.41) is 8.85. The zero-order chi connectivity index (χ0) is 9.97. The first kappa shape index (κ1) is 8.98. The van der Waals surface area contributed by atoms with Crippen molar-refractivity contribution in [3.05, 3.63) is 30.4 Å². The standard InChI is InChI=1S/C9H10N4O/c10-6(5-14)8-4-12-7-1-2-11-3-9(7)13-8/h1-4,6,14H,5,10H2. The first-order valence-electron chi connectivity index (χ1n) is 4.24. The van der Waals surface area contributed by atoms with Crippen LogP contribution in [0.3, 0.4) is 0 Å². The van der Waals surface area contributed by atoms with Crippen molar-refractivity contribution in [2.45, 2.75) is 6.04 Å². The third-order valence-electron chi connectivity index (χ3n) is 1.94. The molecule has 14 heavy (non-hydrogen) atoms. The van der Waals surface area contributed by atoms with Crippen molar-refractivity contribution >= 4 is 11.0 Å². The van der Waals surface area contributed by atoms with Gasteiger partial charge in [-0.25, -0.2) is 4.98 Å². The van der Waals surface area contributed by atoms with E-state index in [0.717, 1.165) is 5.52 Å². The summed E-state index contributed by atoms with van der Waals surface area (Å²) >= 11 is 0. The van der Waals surface area contributed by atoms with E-state index in [0.29, 0.717) is 11.2 Å². The Balaban J connectivity index is 2.51. The second-order valence-corrected chi connectivity index (χ2v) is 2.95. The van der Waals surface area contributed by atoms with E-state index in [1.54, 1.807) is 24.7 Å². The zero-order valence-electron chi connectivity index (χ0n) is 7.46. The average Bonchev–Trinajstić information content (AvgIpc) is 2.27. The van der Waals surface area contributed by atoms with Crippen molar-refractivity contribution in [3.63, 3.8) is 0 Å². The molecule has 5 nitrogen and oxygen atoms in total. The van der Waals surface area contributed by atoms with Gasteiger partial charge in [-0.15, -0.1) is 0 Å². The van der Waals surface area contributed by atoms with Crippen LogP contribution < -0.4 is 5.73 Å². The van der Waals surface area contributed by atoms with Gasteiger partial charge in [0.05, 0.1) is 36.3 Å². The van der Waals surface area contributed by atoms with E-state index in [4.69, 9.17) is 10.8 Å². The lowest BCUT2D eigenvalue weighted by molar-refractivity contribution is 0.266. The Morgan fingerprint density at radius 3 is 3.00 bits per heavy atom. The van der Waals surface area contributed by atoms with Crippen LogP contribution in [-0.2, 0) is 0 Å². The number of aromatic nitrogens is 3. The van der Waals surface area contributed by atoms with Gasteiger partial charge in [0.15, 0.2) is 0 Å². The molecular formula is C9H10N4O. The summed E-state index contributed by atoms with van der Waals surface area (Å²) in [6, 6.07) is 1.29. The van der Waals surface area contributed by atoms with E-state index in [9.17, 15) is 0 Å². The molecule has 1 unspecified atom stereocenters. The molecule has 2 aromatic rings. The van der Waals surface area contributed by atoms with Gasteiger partial charge in [0.1, 0.15) is 5.52 Å². The van der Waals surface area contributed by atoms with Crippen molar-refractivity contribution in [2.75, 3.05) is 6.61 Å². The number of hydrogen-bond acceptors (Lipinski definition) is 5. The maximum Gasteiger partial charge on any atom is 0.107 e. The minimum Gasteiger partial charge on any atom is -0.394 e. The van der Waals surface area contributed by atoms with Gasteiger partial charge in [-0.3, -0.25) is 9.97 Å². The molecule has 72 valence electrons. The van der Waals surface area contributed by atoms with E-state index in [2.05, 4.69) is 15.0 Å². The number of hydrogen-bond donors (Lipinski definition) is 2. The largest absolute Gasteiger partial charge is 0.394 e. The highest BCUT2D eigenvalue weighted by atomic mass is 16.3. The van der Waals surface area contributed by atoms with E-state index < -0.39 is 6.04 Å². The molecule has 3 N–H and O–H groups in total. The maximum absolute atomic E-state index is 8.85. The molecule has 5 heteroatoms. The van der Waals surface area contributed by atoms with Gasteiger partial charge >= 0.3 is 0 Å². The van der Waals surface area contributed by atoms with Crippen LogP contribution in [0.1, 0.15) is 11.7 Å². The molecule has 0 saturated heterocycles. The lowest BCUT2D eigenvalue weighted by atomic mass is 10.2. The van der Waals surface area contributed by atoms with Gasteiger partial charge in [0.2, 0.25) is 0 Å². The summed E-state index contributed by atoms with van der Waals surface area (Å²) < 4.78 is 0. The van der Waals surface area contributed by atoms with Crippen LogP contribution in [0, 0.1) is 0 Å². The van der Waals surface area contributed by atoms with Crippen LogP contribution >= 0.6 is 0 Å². The molecular weight excluding hydrogens is 180 g/mol. The molecule has 0 aliphatic carbocycles. The fraction of sp³-hybridized carbons (Fsp3) is 0.222. The number of nitrogens with two attached hydrogens (primary N) is 1. The first-order chi connectivity index (χ1) is 6.81. The lowest BCUT2D eigenvalue weighted by Crippen LogP contribution is -2.16. The normalized spacial score (nSPS) is 13.0. The fourth-order valence-electron chi connectivity index (χ4n) is 1.15. The number of pyridine rings is 1. The molecule has 0 aliphatic heterocycles. The molecule has 0 bridgehead atoms. The molecule has 0 spiro atoms. The van der Waals surface area contributed by atoms with Crippen molar-refractivity contribution in [3.8, 4) is 0 Å². The van der Waals surface area contributed by atoms with Crippen LogP contribution in [-0.4, -0.2) is 26.7 Å². The highest BCUT2D eigenvalue weighted by Crippen LogP contribution is 2.10. The molecule has 0 fully saturated rings. The minimum atomic E-state index is -0.480. The summed E-state index contributed by atoms with van der Waals surface area (Å²) in [4.78, 5) is 12.3. The van der Waals surface area contributed by atoms with Crippen LogP contribution in [0.5, 0.6) is 0 Å². The summed E-state index contributed by atoms with van der Waals surface area (Å²) in [6.45, 7) is -0.138. The number of fused-ring (bicyclic) bond motifs is 1. The average molecular weight is 190 g/mol. The number of aliphatic hydroxyl groups excluding tert-OH is 1. The maximum atomic E-state index is 8.85. The van der Waals surface area contributed by atoms with Crippen molar-refractivity contribution in [1.29, 1.82) is 0 Å². The predicted octanol–water partition coefficient (Wildman–Crippen LogP) is 0.0169. The predicted molar refractivity (Wildman–Crippen MR) is 51.3 cm³/mol. The van der Waals surface area contributed by atoms with Gasteiger partial charge in [-0.1, -0.05) is 0 Å². The summed E-state index contributed by atoms with van der Waals surface area (Å²) in [5.74, 6) is 0. The van der Waals surface area contributed by atoms with Crippen molar-refractivity contribution in [2.24, 2.45) is 5.73 Å². The Kier molecular flexibility index (Phi) is 2.34. The highest BCUT2D eigenvalue weighted by Gasteiger charge is 2.07. The fourth-order valence-corrected chi connectivity index (χ4v) is 1.15. The van der Waals surface area contributed by atoms with E-state index in [1.807, 2.05) is 0 Å². The summed E-state index contributed by atoms with van der Waals surface area (Å²) in [5.41, 5.74) is 7.65. The van der Waals surface area contributed by atoms with Crippen molar-refractivity contribution < 1.29 is 5.11 Å². The molecule has 0 amide bonds. The molecule has 2 heterocycles. The second kappa shape index (κ2) is 3.65. The third-order valence-corrected chi connectivity index (χ3v) is 1.94. The molecule has 0 saturated carbocycles. The Morgan fingerprint density at radius 2 is 2.21 bits per heavy atom. The van der Waals surface area contributed by atoms with Gasteiger partial charge in [-0.05, 0) is 6.07 Å². The third kappa shape index (κ3) is 1.55. The SMILES string of the molecule is NC(CO)c1cnc2ccncc2n1. The Hall–Kier alpha value is -1.59. The minimum absolute atomic E-state index is 0.138. The van der Waals surface area contributed by atoms with Crippen molar-refractivity contribution in [1.82, 2.24) is 15.0 Å². The molecule has 0 aromatic carbocycles. The van der Waals surface area contributed by atoms with E-state index in [1.165, 1.54) is 0 Å². The molecule has 2 rings (SSSR count). The van der Waals surface area contributed by atoms with Gasteiger partial charge in [0, 0.05) is 6.20 Å². The Bertz CT molecular complexity index is 446. The van der Waals surface area contributed by atoms with Gasteiger partial charge in [0.25, 0.3) is 0 Å². The molecule has 0 aliphatic rings. The smallest absolute Gasteiger partial charge is 0.107 e. The molecule has 1 atom stereocenters. The topological polar surface area (TPSA) is 84.9 Å². The number of rotatable bonds is 2. The summed E-state index contributed by atoms with van der Waals surface area (Å²) in [7, 11) is 0. The second-order valence-electron chi connectivity index (χ2n) is 2.95. The Morgan fingerprint density at radius 1 is 1.36 bits per heavy atom. The van der Waals surface area contributed by atoms with E-state index in [-0.39, 0.29) is 6.61 Å². The number of aliphatic hydroxyl groups is 1. The lowest BCUT2D eigenvalue weighted by Gasteiger charge is -2.06. The first-order valence-corrected chi connectivity index (χ1v) is 4.24. The van der Waals surface area contributed by atoms with Gasteiger partial charge in [-0.2, -0.15) is 0 Å². The van der Waals surface area contributed by atoms with E-state index >= 15 is 0 Å². The summed E-state index contributed by atoms with van der Waals surface area (Å²) in [6.07, 6.45) is 4.85. The molecule has 2 aromatic heterocycles. The zero-order valence-corrected chi connectivity index (χ0v) is 7.46. The van der Waals surface area contributed by atoms with Crippen LogP contribution in [0.15, 0.2) is 24.7 Å². The Labute approximate surface area is 80.6 Å². The van der Waals surface area contributed by atoms with Crippen LogP contribution in [0.2, 0.25) is 0 Å². The van der Waals surface area contributed by atoms with Crippen LogP contribution in [0.25, 0.3) is 11.0 Å². The monoisotopic (exact) mass is 190 g/mol. The quantitative estimate of drug-likeness (QED) is 0.697. The molecule has 0 radical (unpaired) electrons.